The van der Waals surface area contributed by atoms with E-state index in [1.807, 2.05) is 115 Å². The van der Waals surface area contributed by atoms with Crippen LogP contribution in [0.4, 0.5) is 4.79 Å². The predicted octanol–water partition coefficient (Wildman–Crippen LogP) is 9.47. The molecule has 0 heterocycles. The third-order valence-corrected chi connectivity index (χ3v) is 10.7. The molecule has 5 aromatic carbocycles. The SMILES string of the molecule is CCN(C(C)C)C(C)C.COc1ccc(C(OC[C@@H](C(=O)O)N(C)C(=O)OCC2c3ccccc3-c3ccccc32)(c2ccccc2)c2ccc(OC)cc2)cc1. The highest BCUT2D eigenvalue weighted by molar-refractivity contribution is 5.81. The molecule has 9 nitrogen and oxygen atoms in total. The van der Waals surface area contributed by atoms with Crippen LogP contribution in [-0.2, 0) is 19.9 Å². The van der Waals surface area contributed by atoms with Crippen LogP contribution >= 0.6 is 0 Å². The second-order valence-electron chi connectivity index (χ2n) is 14.6. The van der Waals surface area contributed by atoms with Crippen molar-refractivity contribution in [3.05, 3.63) is 155 Å². The Hall–Kier alpha value is -5.64. The number of hydrogen-bond donors (Lipinski definition) is 1. The van der Waals surface area contributed by atoms with E-state index in [-0.39, 0.29) is 19.1 Å². The lowest BCUT2D eigenvalue weighted by Gasteiger charge is -2.37. The van der Waals surface area contributed by atoms with Crippen LogP contribution in [0.5, 0.6) is 11.5 Å². The number of hydrogen-bond acceptors (Lipinski definition) is 7. The fourth-order valence-corrected chi connectivity index (χ4v) is 7.78. The molecule has 1 aliphatic rings. The van der Waals surface area contributed by atoms with Gasteiger partial charge in [0.25, 0.3) is 0 Å². The van der Waals surface area contributed by atoms with Gasteiger partial charge in [-0.1, -0.05) is 110 Å². The number of aliphatic carboxylic acids is 1. The molecule has 0 spiro atoms. The third-order valence-electron chi connectivity index (χ3n) is 10.7. The molecule has 9 heteroatoms. The Morgan fingerprint density at radius 2 is 1.11 bits per heavy atom. The Kier molecular flexibility index (Phi) is 14.5. The fraction of sp³-hybridized carbons (Fsp3) is 0.333. The average Bonchev–Trinajstić information content (AvgIpc) is 3.55. The molecule has 0 radical (unpaired) electrons. The minimum Gasteiger partial charge on any atom is -0.497 e. The van der Waals surface area contributed by atoms with Gasteiger partial charge >= 0.3 is 12.1 Å². The van der Waals surface area contributed by atoms with Gasteiger partial charge < -0.3 is 24.1 Å². The number of ether oxygens (including phenoxy) is 4. The molecule has 1 N–H and O–H groups in total. The summed E-state index contributed by atoms with van der Waals surface area (Å²) in [5.74, 6) is -0.0646. The molecular formula is C48H56N2O7. The van der Waals surface area contributed by atoms with Crippen LogP contribution < -0.4 is 9.47 Å². The van der Waals surface area contributed by atoms with Crippen LogP contribution in [0.25, 0.3) is 11.1 Å². The largest absolute Gasteiger partial charge is 0.497 e. The number of fused-ring (bicyclic) bond motifs is 3. The third kappa shape index (κ3) is 9.50. The normalized spacial score (nSPS) is 12.7. The zero-order valence-corrected chi connectivity index (χ0v) is 34.3. The van der Waals surface area contributed by atoms with Crippen molar-refractivity contribution in [2.45, 2.75) is 64.3 Å². The van der Waals surface area contributed by atoms with Crippen LogP contribution in [0, 0.1) is 0 Å². The van der Waals surface area contributed by atoms with Gasteiger partial charge in [0.15, 0.2) is 6.04 Å². The maximum absolute atomic E-state index is 13.5. The summed E-state index contributed by atoms with van der Waals surface area (Å²) >= 11 is 0. The Labute approximate surface area is 337 Å². The number of carbonyl (C=O) groups excluding carboxylic acids is 1. The van der Waals surface area contributed by atoms with E-state index in [9.17, 15) is 14.7 Å². The van der Waals surface area contributed by atoms with Gasteiger partial charge in [0.05, 0.1) is 20.8 Å². The summed E-state index contributed by atoms with van der Waals surface area (Å²) < 4.78 is 23.4. The van der Waals surface area contributed by atoms with E-state index in [4.69, 9.17) is 18.9 Å². The van der Waals surface area contributed by atoms with Gasteiger partial charge in [-0.15, -0.1) is 0 Å². The van der Waals surface area contributed by atoms with Crippen molar-refractivity contribution in [3.63, 3.8) is 0 Å². The summed E-state index contributed by atoms with van der Waals surface area (Å²) in [6.07, 6.45) is -0.757. The summed E-state index contributed by atoms with van der Waals surface area (Å²) in [5, 5.41) is 10.4. The van der Waals surface area contributed by atoms with Gasteiger partial charge in [0.2, 0.25) is 0 Å². The maximum Gasteiger partial charge on any atom is 0.410 e. The minimum absolute atomic E-state index is 0.0655. The zero-order valence-electron chi connectivity index (χ0n) is 34.3. The molecule has 0 saturated heterocycles. The Morgan fingerprint density at radius 1 is 0.667 bits per heavy atom. The molecule has 5 aromatic rings. The van der Waals surface area contributed by atoms with Crippen LogP contribution in [-0.4, -0.2) is 86.1 Å². The number of carboxylic acid groups (broad SMARTS) is 1. The van der Waals surface area contributed by atoms with Gasteiger partial charge in [-0.25, -0.2) is 9.59 Å². The molecule has 1 amide bonds. The summed E-state index contributed by atoms with van der Waals surface area (Å²) in [4.78, 5) is 29.8. The second-order valence-corrected chi connectivity index (χ2v) is 14.6. The van der Waals surface area contributed by atoms with Crippen molar-refractivity contribution >= 4 is 12.1 Å². The van der Waals surface area contributed by atoms with E-state index in [0.29, 0.717) is 23.6 Å². The summed E-state index contributed by atoms with van der Waals surface area (Å²) in [7, 11) is 4.61. The smallest absolute Gasteiger partial charge is 0.410 e. The van der Waals surface area contributed by atoms with E-state index in [1.54, 1.807) is 14.2 Å². The molecule has 0 unspecified atom stereocenters. The van der Waals surface area contributed by atoms with Crippen molar-refractivity contribution in [1.82, 2.24) is 9.80 Å². The standard InChI is InChI=1S/C40H37NO7.C8H19N/c1-41(39(44)47-25-36-34-15-9-7-13-32(34)33-14-8-10-16-35(33)36)37(38(42)43)26-48-40(27-11-5-4-6-12-27,28-17-21-30(45-2)22-18-28)29-19-23-31(46-3)24-20-29;1-6-9(7(2)3)8(4)5/h4-24,36-37H,25-26H2,1-3H3,(H,42,43);7-8H,6H2,1-5H3/t37-;/m0./s1. The lowest BCUT2D eigenvalue weighted by molar-refractivity contribution is -0.146. The number of nitrogens with zero attached hydrogens (tertiary/aromatic N) is 2. The summed E-state index contributed by atoms with van der Waals surface area (Å²) in [5.41, 5.74) is 5.35. The van der Waals surface area contributed by atoms with Gasteiger partial charge in [0, 0.05) is 25.0 Å². The van der Waals surface area contributed by atoms with E-state index in [1.165, 1.54) is 7.05 Å². The Balaban J connectivity index is 0.000000616. The van der Waals surface area contributed by atoms with Gasteiger partial charge in [-0.05, 0) is 97.4 Å². The zero-order chi connectivity index (χ0) is 41.1. The molecule has 0 bridgehead atoms. The molecule has 57 heavy (non-hydrogen) atoms. The minimum atomic E-state index is -1.36. The number of rotatable bonds is 15. The highest BCUT2D eigenvalue weighted by Gasteiger charge is 2.41. The molecule has 6 rings (SSSR count). The lowest BCUT2D eigenvalue weighted by atomic mass is 9.80. The molecule has 0 aromatic heterocycles. The van der Waals surface area contributed by atoms with Crippen molar-refractivity contribution in [1.29, 1.82) is 0 Å². The van der Waals surface area contributed by atoms with Crippen molar-refractivity contribution in [2.24, 2.45) is 0 Å². The first-order valence-corrected chi connectivity index (χ1v) is 19.5. The molecule has 0 aliphatic heterocycles. The first-order chi connectivity index (χ1) is 27.5. The van der Waals surface area contributed by atoms with Crippen molar-refractivity contribution in [2.75, 3.05) is 41.0 Å². The van der Waals surface area contributed by atoms with E-state index < -0.39 is 23.7 Å². The summed E-state index contributed by atoms with van der Waals surface area (Å²) in [6.45, 7) is 12.0. The average molecular weight is 773 g/mol. The monoisotopic (exact) mass is 772 g/mol. The maximum atomic E-state index is 13.5. The number of carboxylic acids is 1. The highest BCUT2D eigenvalue weighted by Crippen LogP contribution is 2.45. The van der Waals surface area contributed by atoms with E-state index in [2.05, 4.69) is 51.7 Å². The van der Waals surface area contributed by atoms with E-state index >= 15 is 0 Å². The van der Waals surface area contributed by atoms with Crippen LogP contribution in [0.3, 0.4) is 0 Å². The fourth-order valence-electron chi connectivity index (χ4n) is 7.78. The van der Waals surface area contributed by atoms with Crippen LogP contribution in [0.15, 0.2) is 127 Å². The number of likely N-dealkylation sites (N-methyl/N-ethyl adjacent to an activating group) is 1. The van der Waals surface area contributed by atoms with Crippen LogP contribution in [0.1, 0.15) is 68.4 Å². The van der Waals surface area contributed by atoms with Crippen LogP contribution in [0.2, 0.25) is 0 Å². The lowest BCUT2D eigenvalue weighted by Crippen LogP contribution is -2.48. The summed E-state index contributed by atoms with van der Waals surface area (Å²) in [6, 6.07) is 40.6. The Bertz CT molecular complexity index is 1950. The molecule has 0 saturated carbocycles. The molecule has 300 valence electrons. The molecule has 1 atom stereocenters. The van der Waals surface area contributed by atoms with Crippen molar-refractivity contribution < 1.29 is 33.6 Å². The molecule has 0 fully saturated rings. The highest BCUT2D eigenvalue weighted by atomic mass is 16.6. The van der Waals surface area contributed by atoms with E-state index in [0.717, 1.165) is 50.4 Å². The van der Waals surface area contributed by atoms with Gasteiger partial charge in [-0.3, -0.25) is 9.80 Å². The topological polar surface area (TPSA) is 97.8 Å². The number of amides is 1. The van der Waals surface area contributed by atoms with Gasteiger partial charge in [-0.2, -0.15) is 0 Å². The number of benzene rings is 5. The number of carbonyl (C=O) groups is 2. The second kappa shape index (κ2) is 19.5. The van der Waals surface area contributed by atoms with Crippen molar-refractivity contribution in [3.8, 4) is 22.6 Å². The molecular weight excluding hydrogens is 717 g/mol. The first kappa shape index (κ1) is 42.5. The quantitative estimate of drug-likeness (QED) is 0.105. The Morgan fingerprint density at radius 3 is 1.51 bits per heavy atom. The number of methoxy groups -OCH3 is 2. The first-order valence-electron chi connectivity index (χ1n) is 19.5. The van der Waals surface area contributed by atoms with Gasteiger partial charge in [0.1, 0.15) is 23.7 Å². The molecule has 1 aliphatic carbocycles. The predicted molar refractivity (Wildman–Crippen MR) is 225 cm³/mol.